The standard InChI is InChI=1S/C10H11F2NO2/c1-10(2,3)15-9(14)7-6(11)4-5-13-8(7)12/h4-5H,1-3H3. The molecule has 0 radical (unpaired) electrons. The van der Waals surface area contributed by atoms with Crippen LogP contribution in [-0.4, -0.2) is 16.6 Å². The summed E-state index contributed by atoms with van der Waals surface area (Å²) in [5, 5.41) is 0. The molecule has 1 heterocycles. The summed E-state index contributed by atoms with van der Waals surface area (Å²) in [6.07, 6.45) is 0.943. The van der Waals surface area contributed by atoms with E-state index in [1.54, 1.807) is 20.8 Å². The zero-order chi connectivity index (χ0) is 11.6. The van der Waals surface area contributed by atoms with Crippen molar-refractivity contribution in [3.63, 3.8) is 0 Å². The van der Waals surface area contributed by atoms with Gasteiger partial charge in [-0.15, -0.1) is 0 Å². The monoisotopic (exact) mass is 215 g/mol. The fourth-order valence-corrected chi connectivity index (χ4v) is 0.925. The van der Waals surface area contributed by atoms with Gasteiger partial charge in [0.1, 0.15) is 11.4 Å². The van der Waals surface area contributed by atoms with Crippen molar-refractivity contribution in [1.82, 2.24) is 4.98 Å². The van der Waals surface area contributed by atoms with Crippen molar-refractivity contribution in [2.24, 2.45) is 0 Å². The summed E-state index contributed by atoms with van der Waals surface area (Å²) in [5.74, 6) is -3.19. The fourth-order valence-electron chi connectivity index (χ4n) is 0.925. The van der Waals surface area contributed by atoms with E-state index in [1.165, 1.54) is 0 Å². The third-order valence-electron chi connectivity index (χ3n) is 1.46. The highest BCUT2D eigenvalue weighted by Crippen LogP contribution is 2.15. The minimum atomic E-state index is -1.16. The van der Waals surface area contributed by atoms with E-state index < -0.39 is 28.9 Å². The van der Waals surface area contributed by atoms with Gasteiger partial charge in [0.2, 0.25) is 5.95 Å². The Bertz CT molecular complexity index is 365. The van der Waals surface area contributed by atoms with Crippen LogP contribution in [0.1, 0.15) is 31.1 Å². The summed E-state index contributed by atoms with van der Waals surface area (Å²) < 4.78 is 30.9. The smallest absolute Gasteiger partial charge is 0.346 e. The van der Waals surface area contributed by atoms with E-state index in [2.05, 4.69) is 4.98 Å². The molecular formula is C10H11F2NO2. The molecule has 0 aliphatic heterocycles. The Labute approximate surface area is 86.1 Å². The molecule has 0 saturated carbocycles. The van der Waals surface area contributed by atoms with Gasteiger partial charge in [-0.05, 0) is 26.8 Å². The van der Waals surface area contributed by atoms with Crippen molar-refractivity contribution in [1.29, 1.82) is 0 Å². The second-order valence-electron chi connectivity index (χ2n) is 3.96. The van der Waals surface area contributed by atoms with Gasteiger partial charge >= 0.3 is 5.97 Å². The molecular weight excluding hydrogens is 204 g/mol. The number of hydrogen-bond acceptors (Lipinski definition) is 3. The number of halogens is 2. The molecule has 0 aliphatic rings. The Kier molecular flexibility index (Phi) is 3.02. The van der Waals surface area contributed by atoms with Crippen molar-refractivity contribution in [3.8, 4) is 0 Å². The van der Waals surface area contributed by atoms with Gasteiger partial charge in [0.25, 0.3) is 0 Å². The van der Waals surface area contributed by atoms with Crippen LogP contribution in [0.15, 0.2) is 12.3 Å². The zero-order valence-corrected chi connectivity index (χ0v) is 8.67. The molecule has 0 aliphatic carbocycles. The largest absolute Gasteiger partial charge is 0.456 e. The fraction of sp³-hybridized carbons (Fsp3) is 0.400. The number of ether oxygens (including phenoxy) is 1. The molecule has 1 aromatic heterocycles. The third-order valence-corrected chi connectivity index (χ3v) is 1.46. The molecule has 0 bridgehead atoms. The minimum Gasteiger partial charge on any atom is -0.456 e. The summed E-state index contributed by atoms with van der Waals surface area (Å²) in [4.78, 5) is 14.5. The average molecular weight is 215 g/mol. The van der Waals surface area contributed by atoms with Gasteiger partial charge in [-0.3, -0.25) is 0 Å². The number of hydrogen-bond donors (Lipinski definition) is 0. The molecule has 0 atom stereocenters. The summed E-state index contributed by atoms with van der Waals surface area (Å²) >= 11 is 0. The highest BCUT2D eigenvalue weighted by molar-refractivity contribution is 5.89. The quantitative estimate of drug-likeness (QED) is 0.533. The van der Waals surface area contributed by atoms with Crippen LogP contribution in [-0.2, 0) is 4.74 Å². The predicted octanol–water partition coefficient (Wildman–Crippen LogP) is 2.32. The maximum atomic E-state index is 13.1. The second kappa shape index (κ2) is 3.92. The topological polar surface area (TPSA) is 39.2 Å². The first-order valence-electron chi connectivity index (χ1n) is 4.34. The molecule has 0 N–H and O–H groups in total. The Morgan fingerprint density at radius 2 is 2.00 bits per heavy atom. The lowest BCUT2D eigenvalue weighted by atomic mass is 10.2. The highest BCUT2D eigenvalue weighted by Gasteiger charge is 2.24. The first-order chi connectivity index (χ1) is 6.81. The number of aromatic nitrogens is 1. The van der Waals surface area contributed by atoms with Crippen LogP contribution >= 0.6 is 0 Å². The maximum Gasteiger partial charge on any atom is 0.346 e. The van der Waals surface area contributed by atoms with Gasteiger partial charge in [0.05, 0.1) is 0 Å². The Balaban J connectivity index is 3.02. The SMILES string of the molecule is CC(C)(C)OC(=O)c1c(F)ccnc1F. The van der Waals surface area contributed by atoms with Crippen molar-refractivity contribution < 1.29 is 18.3 Å². The van der Waals surface area contributed by atoms with E-state index in [1.807, 2.05) is 0 Å². The summed E-state index contributed by atoms with van der Waals surface area (Å²) in [6, 6.07) is 0.905. The van der Waals surface area contributed by atoms with E-state index >= 15 is 0 Å². The van der Waals surface area contributed by atoms with E-state index in [-0.39, 0.29) is 0 Å². The van der Waals surface area contributed by atoms with Crippen LogP contribution in [0.5, 0.6) is 0 Å². The van der Waals surface area contributed by atoms with Gasteiger partial charge in [-0.2, -0.15) is 4.39 Å². The Hall–Kier alpha value is -1.52. The summed E-state index contributed by atoms with van der Waals surface area (Å²) in [5.41, 5.74) is -1.56. The molecule has 3 nitrogen and oxygen atoms in total. The lowest BCUT2D eigenvalue weighted by Gasteiger charge is -2.19. The molecule has 0 amide bonds. The van der Waals surface area contributed by atoms with E-state index in [9.17, 15) is 13.6 Å². The molecule has 1 aromatic rings. The lowest BCUT2D eigenvalue weighted by Crippen LogP contribution is -2.25. The number of carbonyl (C=O) groups is 1. The van der Waals surface area contributed by atoms with Crippen LogP contribution in [0.3, 0.4) is 0 Å². The van der Waals surface area contributed by atoms with Crippen LogP contribution in [0, 0.1) is 11.8 Å². The minimum absolute atomic E-state index is 0.757. The van der Waals surface area contributed by atoms with Crippen molar-refractivity contribution in [2.75, 3.05) is 0 Å². The van der Waals surface area contributed by atoms with Gasteiger partial charge in [0.15, 0.2) is 5.56 Å². The van der Waals surface area contributed by atoms with Gasteiger partial charge in [-0.1, -0.05) is 0 Å². The van der Waals surface area contributed by atoms with Gasteiger partial charge in [-0.25, -0.2) is 14.2 Å². The Morgan fingerprint density at radius 3 is 2.47 bits per heavy atom. The van der Waals surface area contributed by atoms with E-state index in [0.717, 1.165) is 12.3 Å². The van der Waals surface area contributed by atoms with Crippen molar-refractivity contribution in [3.05, 3.63) is 29.6 Å². The average Bonchev–Trinajstić information content (AvgIpc) is 1.99. The Morgan fingerprint density at radius 1 is 1.40 bits per heavy atom. The first-order valence-corrected chi connectivity index (χ1v) is 4.34. The van der Waals surface area contributed by atoms with Crippen LogP contribution < -0.4 is 0 Å². The van der Waals surface area contributed by atoms with Crippen LogP contribution in [0.25, 0.3) is 0 Å². The normalized spacial score (nSPS) is 11.3. The van der Waals surface area contributed by atoms with Gasteiger partial charge < -0.3 is 4.74 Å². The molecule has 0 aromatic carbocycles. The number of esters is 1. The van der Waals surface area contributed by atoms with Crippen LogP contribution in [0.2, 0.25) is 0 Å². The molecule has 15 heavy (non-hydrogen) atoms. The number of rotatable bonds is 1. The molecule has 5 heteroatoms. The second-order valence-corrected chi connectivity index (χ2v) is 3.96. The van der Waals surface area contributed by atoms with E-state index in [4.69, 9.17) is 4.74 Å². The molecule has 1 rings (SSSR count). The molecule has 0 fully saturated rings. The van der Waals surface area contributed by atoms with Crippen LogP contribution in [0.4, 0.5) is 8.78 Å². The summed E-state index contributed by atoms with van der Waals surface area (Å²) in [7, 11) is 0. The van der Waals surface area contributed by atoms with Crippen molar-refractivity contribution >= 4 is 5.97 Å². The van der Waals surface area contributed by atoms with E-state index in [0.29, 0.717) is 0 Å². The van der Waals surface area contributed by atoms with Gasteiger partial charge in [0, 0.05) is 6.20 Å². The highest BCUT2D eigenvalue weighted by atomic mass is 19.1. The first kappa shape index (κ1) is 11.6. The number of pyridine rings is 1. The number of carbonyl (C=O) groups excluding carboxylic acids is 1. The van der Waals surface area contributed by atoms with Crippen molar-refractivity contribution in [2.45, 2.75) is 26.4 Å². The lowest BCUT2D eigenvalue weighted by molar-refractivity contribution is 0.00584. The molecule has 0 saturated heterocycles. The third kappa shape index (κ3) is 2.97. The predicted molar refractivity (Wildman–Crippen MR) is 49.3 cm³/mol. The maximum absolute atomic E-state index is 13.1. The zero-order valence-electron chi connectivity index (χ0n) is 8.67. The molecule has 0 unspecified atom stereocenters. The molecule has 82 valence electrons. The molecule has 0 spiro atoms. The summed E-state index contributed by atoms with van der Waals surface area (Å²) in [6.45, 7) is 4.82. The number of nitrogens with zero attached hydrogens (tertiary/aromatic N) is 1.